The first-order valence-electron chi connectivity index (χ1n) is 7.80. The number of rotatable bonds is 4. The number of carbonyl (C=O) groups is 2. The van der Waals surface area contributed by atoms with Crippen molar-refractivity contribution in [2.24, 2.45) is 0 Å². The van der Waals surface area contributed by atoms with E-state index < -0.39 is 0 Å². The first kappa shape index (κ1) is 15.2. The van der Waals surface area contributed by atoms with Crippen molar-refractivity contribution in [3.8, 4) is 0 Å². The van der Waals surface area contributed by atoms with Crippen LogP contribution in [0, 0.1) is 0 Å². The summed E-state index contributed by atoms with van der Waals surface area (Å²) < 4.78 is 5.69. The lowest BCUT2D eigenvalue weighted by Gasteiger charge is -2.36. The smallest absolute Gasteiger partial charge is 0.261 e. The van der Waals surface area contributed by atoms with Gasteiger partial charge in [-0.1, -0.05) is 12.1 Å². The van der Waals surface area contributed by atoms with E-state index >= 15 is 0 Å². The van der Waals surface area contributed by atoms with Crippen LogP contribution in [0.4, 0.5) is 0 Å². The summed E-state index contributed by atoms with van der Waals surface area (Å²) in [5.74, 6) is -0.371. The van der Waals surface area contributed by atoms with E-state index in [-0.39, 0.29) is 17.4 Å². The maximum absolute atomic E-state index is 12.2. The van der Waals surface area contributed by atoms with Crippen LogP contribution in [0.5, 0.6) is 0 Å². The second-order valence-electron chi connectivity index (χ2n) is 6.56. The lowest BCUT2D eigenvalue weighted by molar-refractivity contribution is -0.0628. The molecule has 0 bridgehead atoms. The van der Waals surface area contributed by atoms with Crippen LogP contribution in [0.15, 0.2) is 24.3 Å². The van der Waals surface area contributed by atoms with Crippen molar-refractivity contribution in [3.63, 3.8) is 0 Å². The van der Waals surface area contributed by atoms with E-state index in [0.717, 1.165) is 19.4 Å². The second kappa shape index (κ2) is 5.82. The molecular formula is C17H22N2O3. The van der Waals surface area contributed by atoms with E-state index in [0.29, 0.717) is 30.3 Å². The van der Waals surface area contributed by atoms with Crippen LogP contribution in [-0.2, 0) is 4.74 Å². The minimum atomic E-state index is -0.185. The summed E-state index contributed by atoms with van der Waals surface area (Å²) in [6, 6.07) is 7.37. The molecule has 2 amide bonds. The number of nitrogens with one attached hydrogen (secondary N) is 1. The number of hydrogen-bond donors (Lipinski definition) is 1. The number of carbonyl (C=O) groups excluding carboxylic acids is 2. The Morgan fingerprint density at radius 3 is 2.45 bits per heavy atom. The molecule has 2 aliphatic heterocycles. The van der Waals surface area contributed by atoms with Crippen LogP contribution in [0.2, 0.25) is 0 Å². The van der Waals surface area contributed by atoms with Gasteiger partial charge in [0.15, 0.2) is 0 Å². The molecule has 22 heavy (non-hydrogen) atoms. The van der Waals surface area contributed by atoms with Crippen molar-refractivity contribution < 1.29 is 14.3 Å². The van der Waals surface area contributed by atoms with Gasteiger partial charge in [0.05, 0.1) is 16.7 Å². The van der Waals surface area contributed by atoms with Gasteiger partial charge in [0, 0.05) is 25.7 Å². The Kier molecular flexibility index (Phi) is 4.02. The SMILES string of the molecule is CC1(C)C[C@H](NCCN2C(=O)c3ccccc3C2=O)CCO1. The number of imide groups is 1. The molecule has 2 aliphatic rings. The average Bonchev–Trinajstić information content (AvgIpc) is 2.72. The Hall–Kier alpha value is -1.72. The maximum atomic E-state index is 12.2. The van der Waals surface area contributed by atoms with Gasteiger partial charge in [0.2, 0.25) is 0 Å². The Labute approximate surface area is 130 Å². The van der Waals surface area contributed by atoms with Crippen molar-refractivity contribution in [1.29, 1.82) is 0 Å². The molecule has 1 atom stereocenters. The van der Waals surface area contributed by atoms with E-state index in [1.54, 1.807) is 24.3 Å². The van der Waals surface area contributed by atoms with Crippen molar-refractivity contribution >= 4 is 11.8 Å². The van der Waals surface area contributed by atoms with E-state index in [9.17, 15) is 9.59 Å². The highest BCUT2D eigenvalue weighted by Crippen LogP contribution is 2.24. The van der Waals surface area contributed by atoms with Gasteiger partial charge < -0.3 is 10.1 Å². The molecule has 3 rings (SSSR count). The van der Waals surface area contributed by atoms with E-state index in [1.807, 2.05) is 0 Å². The highest BCUT2D eigenvalue weighted by atomic mass is 16.5. The van der Waals surface area contributed by atoms with E-state index in [2.05, 4.69) is 19.2 Å². The standard InChI is InChI=1S/C17H22N2O3/c1-17(2)11-12(7-10-22-17)18-8-9-19-15(20)13-5-3-4-6-14(13)16(19)21/h3-6,12,18H,7-11H2,1-2H3/t12-/m1/s1. The van der Waals surface area contributed by atoms with Crippen LogP contribution >= 0.6 is 0 Å². The number of nitrogens with zero attached hydrogens (tertiary/aromatic N) is 1. The Bertz CT molecular complexity index is 562. The zero-order valence-electron chi connectivity index (χ0n) is 13.1. The first-order chi connectivity index (χ1) is 10.5. The van der Waals surface area contributed by atoms with Gasteiger partial charge in [-0.2, -0.15) is 0 Å². The molecule has 0 aromatic heterocycles. The minimum absolute atomic E-state index is 0.106. The van der Waals surface area contributed by atoms with Gasteiger partial charge in [-0.15, -0.1) is 0 Å². The lowest BCUT2D eigenvalue weighted by atomic mass is 9.94. The van der Waals surface area contributed by atoms with Crippen LogP contribution < -0.4 is 5.32 Å². The third-order valence-electron chi connectivity index (χ3n) is 4.34. The number of hydrogen-bond acceptors (Lipinski definition) is 4. The van der Waals surface area contributed by atoms with Crippen LogP contribution in [0.1, 0.15) is 47.4 Å². The van der Waals surface area contributed by atoms with Crippen molar-refractivity contribution in [2.75, 3.05) is 19.7 Å². The van der Waals surface area contributed by atoms with E-state index in [1.165, 1.54) is 4.90 Å². The van der Waals surface area contributed by atoms with Gasteiger partial charge in [-0.25, -0.2) is 0 Å². The van der Waals surface area contributed by atoms with Gasteiger partial charge in [-0.05, 0) is 38.8 Å². The van der Waals surface area contributed by atoms with Crippen LogP contribution in [0.3, 0.4) is 0 Å². The molecule has 1 saturated heterocycles. The fourth-order valence-electron chi connectivity index (χ4n) is 3.23. The predicted molar refractivity (Wildman–Crippen MR) is 82.9 cm³/mol. The van der Waals surface area contributed by atoms with Gasteiger partial charge in [-0.3, -0.25) is 14.5 Å². The molecule has 118 valence electrons. The monoisotopic (exact) mass is 302 g/mol. The van der Waals surface area contributed by atoms with Crippen molar-refractivity contribution in [3.05, 3.63) is 35.4 Å². The molecular weight excluding hydrogens is 280 g/mol. The Morgan fingerprint density at radius 1 is 1.23 bits per heavy atom. The molecule has 2 heterocycles. The normalized spacial score (nSPS) is 23.7. The van der Waals surface area contributed by atoms with Crippen molar-refractivity contribution in [1.82, 2.24) is 10.2 Å². The molecule has 1 aromatic rings. The number of fused-ring (bicyclic) bond motifs is 1. The van der Waals surface area contributed by atoms with Crippen LogP contribution in [-0.4, -0.2) is 48.1 Å². The summed E-state index contributed by atoms with van der Waals surface area (Å²) in [7, 11) is 0. The quantitative estimate of drug-likeness (QED) is 0.862. The number of ether oxygens (including phenoxy) is 1. The topological polar surface area (TPSA) is 58.6 Å². The molecule has 0 radical (unpaired) electrons. The summed E-state index contributed by atoms with van der Waals surface area (Å²) in [6.07, 6.45) is 1.90. The molecule has 0 spiro atoms. The Morgan fingerprint density at radius 2 is 1.86 bits per heavy atom. The maximum Gasteiger partial charge on any atom is 0.261 e. The van der Waals surface area contributed by atoms with Gasteiger partial charge in [0.25, 0.3) is 11.8 Å². The summed E-state index contributed by atoms with van der Waals surface area (Å²) >= 11 is 0. The fourth-order valence-corrected chi connectivity index (χ4v) is 3.23. The number of amides is 2. The summed E-state index contributed by atoms with van der Waals surface area (Å²) in [4.78, 5) is 25.8. The molecule has 1 N–H and O–H groups in total. The van der Waals surface area contributed by atoms with Gasteiger partial charge >= 0.3 is 0 Å². The van der Waals surface area contributed by atoms with Crippen molar-refractivity contribution in [2.45, 2.75) is 38.3 Å². The lowest BCUT2D eigenvalue weighted by Crippen LogP contribution is -2.46. The molecule has 0 aliphatic carbocycles. The highest BCUT2D eigenvalue weighted by molar-refractivity contribution is 6.21. The third kappa shape index (κ3) is 2.91. The zero-order chi connectivity index (χ0) is 15.7. The largest absolute Gasteiger partial charge is 0.375 e. The van der Waals surface area contributed by atoms with Gasteiger partial charge in [0.1, 0.15) is 0 Å². The average molecular weight is 302 g/mol. The molecule has 5 heteroatoms. The van der Waals surface area contributed by atoms with Crippen LogP contribution in [0.25, 0.3) is 0 Å². The second-order valence-corrected chi connectivity index (χ2v) is 6.56. The molecule has 5 nitrogen and oxygen atoms in total. The Balaban J connectivity index is 1.55. The minimum Gasteiger partial charge on any atom is -0.375 e. The first-order valence-corrected chi connectivity index (χ1v) is 7.80. The fraction of sp³-hybridized carbons (Fsp3) is 0.529. The zero-order valence-corrected chi connectivity index (χ0v) is 13.1. The third-order valence-corrected chi connectivity index (χ3v) is 4.34. The molecule has 1 aromatic carbocycles. The summed E-state index contributed by atoms with van der Waals surface area (Å²) in [5.41, 5.74) is 0.922. The summed E-state index contributed by atoms with van der Waals surface area (Å²) in [5, 5.41) is 3.45. The molecule has 0 unspecified atom stereocenters. The highest BCUT2D eigenvalue weighted by Gasteiger charge is 2.35. The predicted octanol–water partition coefficient (Wildman–Crippen LogP) is 1.83. The molecule has 0 saturated carbocycles. The summed E-state index contributed by atoms with van der Waals surface area (Å²) in [6.45, 7) is 5.95. The number of benzene rings is 1. The molecule has 1 fully saturated rings. The van der Waals surface area contributed by atoms with E-state index in [4.69, 9.17) is 4.74 Å².